The van der Waals surface area contributed by atoms with Gasteiger partial charge in [0.05, 0.1) is 13.7 Å². The number of aliphatic hydroxyl groups is 1. The second kappa shape index (κ2) is 3.39. The summed E-state index contributed by atoms with van der Waals surface area (Å²) in [4.78, 5) is 0. The van der Waals surface area contributed by atoms with Crippen molar-refractivity contribution < 1.29 is 18.8 Å². The van der Waals surface area contributed by atoms with Crippen molar-refractivity contribution in [2.45, 2.75) is 6.61 Å². The van der Waals surface area contributed by atoms with Crippen molar-refractivity contribution in [2.24, 2.45) is 0 Å². The minimum absolute atomic E-state index is 0.0599. The van der Waals surface area contributed by atoms with Crippen molar-refractivity contribution in [3.05, 3.63) is 17.4 Å². The maximum atomic E-state index is 13.7. The Morgan fingerprint density at radius 2 is 2.40 bits per heavy atom. The third-order valence-corrected chi connectivity index (χ3v) is 2.13. The molecule has 1 aromatic carbocycles. The summed E-state index contributed by atoms with van der Waals surface area (Å²) in [5.74, 6) is -0.650. The van der Waals surface area contributed by atoms with Gasteiger partial charge in [-0.05, 0) is 6.07 Å². The lowest BCUT2D eigenvalue weighted by molar-refractivity contribution is 0.273. The molecule has 0 spiro atoms. The Labute approximate surface area is 84.2 Å². The molecule has 0 aliphatic heterocycles. The molecule has 3 N–H and O–H groups in total. The van der Waals surface area contributed by atoms with Gasteiger partial charge in [-0.15, -0.1) is 0 Å². The Morgan fingerprint density at radius 3 is 3.00 bits per heavy atom. The molecule has 5 nitrogen and oxygen atoms in total. The molecule has 0 bridgehead atoms. The topological polar surface area (TPSA) is 81.5 Å². The standard InChI is InChI=1S/C9H9FN2O3/c1-14-8-6-5(15-12-9(6)11)2-4(3-13)7(8)10/h2,13H,3H2,1H3,(H2,11,12). The van der Waals surface area contributed by atoms with E-state index in [4.69, 9.17) is 20.1 Å². The number of nitrogen functional groups attached to an aromatic ring is 1. The predicted molar refractivity (Wildman–Crippen MR) is 50.9 cm³/mol. The number of halogens is 1. The first kappa shape index (κ1) is 9.72. The van der Waals surface area contributed by atoms with E-state index in [1.807, 2.05) is 0 Å². The van der Waals surface area contributed by atoms with Crippen molar-refractivity contribution in [1.29, 1.82) is 0 Å². The minimum atomic E-state index is -0.651. The summed E-state index contributed by atoms with van der Waals surface area (Å²) in [5.41, 5.74) is 5.87. The number of hydrogen-bond donors (Lipinski definition) is 2. The van der Waals surface area contributed by atoms with Crippen molar-refractivity contribution in [3.63, 3.8) is 0 Å². The van der Waals surface area contributed by atoms with E-state index >= 15 is 0 Å². The molecule has 0 unspecified atom stereocenters. The van der Waals surface area contributed by atoms with Crippen LogP contribution >= 0.6 is 0 Å². The fourth-order valence-corrected chi connectivity index (χ4v) is 1.43. The molecule has 0 aliphatic rings. The molecular weight excluding hydrogens is 203 g/mol. The summed E-state index contributed by atoms with van der Waals surface area (Å²) in [7, 11) is 1.31. The van der Waals surface area contributed by atoms with Crippen LogP contribution in [0.2, 0.25) is 0 Å². The number of aromatic nitrogens is 1. The number of aliphatic hydroxyl groups excluding tert-OH is 1. The van der Waals surface area contributed by atoms with Crippen molar-refractivity contribution >= 4 is 16.8 Å². The Bertz CT molecular complexity index is 510. The first-order chi connectivity index (χ1) is 7.19. The van der Waals surface area contributed by atoms with E-state index in [9.17, 15) is 4.39 Å². The van der Waals surface area contributed by atoms with Crippen molar-refractivity contribution in [1.82, 2.24) is 5.16 Å². The van der Waals surface area contributed by atoms with Gasteiger partial charge in [0.1, 0.15) is 5.39 Å². The molecule has 0 fully saturated rings. The third-order valence-electron chi connectivity index (χ3n) is 2.13. The fraction of sp³-hybridized carbons (Fsp3) is 0.222. The van der Waals surface area contributed by atoms with Crippen LogP contribution in [0.3, 0.4) is 0 Å². The lowest BCUT2D eigenvalue weighted by atomic mass is 10.1. The van der Waals surface area contributed by atoms with E-state index < -0.39 is 12.4 Å². The molecule has 0 radical (unpaired) electrons. The number of nitrogens with zero attached hydrogens (tertiary/aromatic N) is 1. The van der Waals surface area contributed by atoms with E-state index in [1.165, 1.54) is 13.2 Å². The molecule has 0 saturated heterocycles. The van der Waals surface area contributed by atoms with Gasteiger partial charge in [0.25, 0.3) is 0 Å². The van der Waals surface area contributed by atoms with E-state index in [2.05, 4.69) is 5.16 Å². The second-order valence-corrected chi connectivity index (χ2v) is 2.98. The lowest BCUT2D eigenvalue weighted by Gasteiger charge is -2.06. The number of rotatable bonds is 2. The summed E-state index contributed by atoms with van der Waals surface area (Å²) in [6, 6.07) is 1.34. The Kier molecular flexibility index (Phi) is 2.20. The number of benzene rings is 1. The molecule has 2 rings (SSSR count). The lowest BCUT2D eigenvalue weighted by Crippen LogP contribution is -1.97. The highest BCUT2D eigenvalue weighted by atomic mass is 19.1. The van der Waals surface area contributed by atoms with Crippen molar-refractivity contribution in [3.8, 4) is 5.75 Å². The smallest absolute Gasteiger partial charge is 0.178 e. The molecule has 2 aromatic rings. The van der Waals surface area contributed by atoms with Gasteiger partial charge >= 0.3 is 0 Å². The number of nitrogens with two attached hydrogens (primary N) is 1. The van der Waals surface area contributed by atoms with Gasteiger partial charge in [-0.25, -0.2) is 4.39 Å². The molecule has 15 heavy (non-hydrogen) atoms. The molecule has 0 atom stereocenters. The number of ether oxygens (including phenoxy) is 1. The molecule has 0 saturated carbocycles. The number of anilines is 1. The van der Waals surface area contributed by atoms with Gasteiger partial charge in [0.15, 0.2) is 23.0 Å². The summed E-state index contributed by atoms with van der Waals surface area (Å²) in [6.07, 6.45) is 0. The largest absolute Gasteiger partial charge is 0.493 e. The van der Waals surface area contributed by atoms with Crippen LogP contribution in [0.1, 0.15) is 5.56 Å². The zero-order valence-electron chi connectivity index (χ0n) is 7.95. The van der Waals surface area contributed by atoms with Gasteiger partial charge < -0.3 is 20.1 Å². The van der Waals surface area contributed by atoms with E-state index in [0.29, 0.717) is 0 Å². The van der Waals surface area contributed by atoms with Gasteiger partial charge in [0, 0.05) is 5.56 Å². The Balaban J connectivity index is 2.86. The van der Waals surface area contributed by atoms with Crippen molar-refractivity contribution in [2.75, 3.05) is 12.8 Å². The van der Waals surface area contributed by atoms with E-state index in [0.717, 1.165) is 0 Å². The molecule has 1 aromatic heterocycles. The monoisotopic (exact) mass is 212 g/mol. The first-order valence-electron chi connectivity index (χ1n) is 4.20. The molecule has 0 aliphatic carbocycles. The van der Waals surface area contributed by atoms with Crippen LogP contribution in [0.4, 0.5) is 10.2 Å². The zero-order chi connectivity index (χ0) is 11.0. The Hall–Kier alpha value is -1.82. The van der Waals surface area contributed by atoms with Crippen LogP contribution in [-0.4, -0.2) is 17.4 Å². The van der Waals surface area contributed by atoms with Crippen LogP contribution in [0.5, 0.6) is 5.75 Å². The second-order valence-electron chi connectivity index (χ2n) is 2.98. The summed E-state index contributed by atoms with van der Waals surface area (Å²) in [5, 5.41) is 12.7. The normalized spacial score (nSPS) is 10.9. The molecule has 0 amide bonds. The van der Waals surface area contributed by atoms with Gasteiger partial charge in [-0.3, -0.25) is 0 Å². The maximum Gasteiger partial charge on any atom is 0.178 e. The minimum Gasteiger partial charge on any atom is -0.493 e. The maximum absolute atomic E-state index is 13.7. The quantitative estimate of drug-likeness (QED) is 0.777. The Morgan fingerprint density at radius 1 is 1.67 bits per heavy atom. The van der Waals surface area contributed by atoms with Gasteiger partial charge in [-0.1, -0.05) is 5.16 Å². The average molecular weight is 212 g/mol. The molecular formula is C9H9FN2O3. The highest BCUT2D eigenvalue weighted by Gasteiger charge is 2.19. The molecule has 1 heterocycles. The summed E-state index contributed by atoms with van der Waals surface area (Å²) < 4.78 is 23.4. The molecule has 80 valence electrons. The van der Waals surface area contributed by atoms with Crippen LogP contribution in [0.15, 0.2) is 10.6 Å². The average Bonchev–Trinajstić information content (AvgIpc) is 2.60. The number of fused-ring (bicyclic) bond motifs is 1. The molecule has 6 heteroatoms. The zero-order valence-corrected chi connectivity index (χ0v) is 7.95. The van der Waals surface area contributed by atoms with Crippen LogP contribution in [0, 0.1) is 5.82 Å². The highest BCUT2D eigenvalue weighted by molar-refractivity contribution is 5.93. The fourth-order valence-electron chi connectivity index (χ4n) is 1.43. The summed E-state index contributed by atoms with van der Waals surface area (Å²) >= 11 is 0. The van der Waals surface area contributed by atoms with Gasteiger partial charge in [-0.2, -0.15) is 0 Å². The third kappa shape index (κ3) is 1.30. The predicted octanol–water partition coefficient (Wildman–Crippen LogP) is 1.05. The SMILES string of the molecule is COc1c(F)c(CO)cc2onc(N)c12. The first-order valence-corrected chi connectivity index (χ1v) is 4.20. The van der Waals surface area contributed by atoms with Gasteiger partial charge in [0.2, 0.25) is 0 Å². The number of hydrogen-bond acceptors (Lipinski definition) is 5. The van der Waals surface area contributed by atoms with Crippen LogP contribution in [-0.2, 0) is 6.61 Å². The summed E-state index contributed by atoms with van der Waals surface area (Å²) in [6.45, 7) is -0.446. The van der Waals surface area contributed by atoms with E-state index in [1.54, 1.807) is 0 Å². The number of methoxy groups -OCH3 is 1. The van der Waals surface area contributed by atoms with Crippen LogP contribution in [0.25, 0.3) is 11.0 Å². The van der Waals surface area contributed by atoms with Crippen LogP contribution < -0.4 is 10.5 Å². The highest BCUT2D eigenvalue weighted by Crippen LogP contribution is 2.34. The van der Waals surface area contributed by atoms with E-state index in [-0.39, 0.29) is 28.1 Å².